The molecule has 1 unspecified atom stereocenters. The summed E-state index contributed by atoms with van der Waals surface area (Å²) in [5.41, 5.74) is 8.21. The maximum absolute atomic E-state index is 6.30. The van der Waals surface area contributed by atoms with Crippen molar-refractivity contribution < 1.29 is 9.47 Å². The van der Waals surface area contributed by atoms with E-state index in [1.807, 2.05) is 44.2 Å². The summed E-state index contributed by atoms with van der Waals surface area (Å²) in [5, 5.41) is 0. The van der Waals surface area contributed by atoms with E-state index in [1.54, 1.807) is 12.4 Å². The van der Waals surface area contributed by atoms with Crippen LogP contribution in [-0.2, 0) is 0 Å². The van der Waals surface area contributed by atoms with Gasteiger partial charge in [-0.3, -0.25) is 4.98 Å². The van der Waals surface area contributed by atoms with E-state index in [0.717, 1.165) is 22.6 Å². The molecule has 2 N–H and O–H groups in total. The number of hydrogen-bond donors (Lipinski definition) is 1. The zero-order valence-electron chi connectivity index (χ0n) is 11.9. The first-order valence-corrected chi connectivity index (χ1v) is 6.80. The standard InChI is InChI=1S/C16H20N2O2/c1-3-19-14-7-5-6-12(8-14)16(17)13-9-15(20-4-2)11-18-10-13/h5-11,16H,3-4,17H2,1-2H3. The molecule has 4 heteroatoms. The van der Waals surface area contributed by atoms with Gasteiger partial charge < -0.3 is 15.2 Å². The molecule has 0 amide bonds. The summed E-state index contributed by atoms with van der Waals surface area (Å²) >= 11 is 0. The number of hydrogen-bond acceptors (Lipinski definition) is 4. The topological polar surface area (TPSA) is 57.4 Å². The zero-order valence-corrected chi connectivity index (χ0v) is 11.9. The number of nitrogens with two attached hydrogens (primary N) is 1. The Morgan fingerprint density at radius 2 is 1.70 bits per heavy atom. The van der Waals surface area contributed by atoms with Crippen molar-refractivity contribution in [1.29, 1.82) is 0 Å². The highest BCUT2D eigenvalue weighted by atomic mass is 16.5. The van der Waals surface area contributed by atoms with E-state index < -0.39 is 0 Å². The van der Waals surface area contributed by atoms with Crippen LogP contribution in [0.2, 0.25) is 0 Å². The summed E-state index contributed by atoms with van der Waals surface area (Å²) in [5.74, 6) is 1.57. The van der Waals surface area contributed by atoms with Crippen LogP contribution in [-0.4, -0.2) is 18.2 Å². The van der Waals surface area contributed by atoms with Gasteiger partial charge in [-0.2, -0.15) is 0 Å². The third kappa shape index (κ3) is 3.48. The average Bonchev–Trinajstić information content (AvgIpc) is 2.48. The van der Waals surface area contributed by atoms with Gasteiger partial charge in [0.15, 0.2) is 0 Å². The second-order valence-electron chi connectivity index (χ2n) is 4.37. The van der Waals surface area contributed by atoms with Gasteiger partial charge in [0, 0.05) is 6.20 Å². The van der Waals surface area contributed by atoms with Crippen molar-refractivity contribution in [3.63, 3.8) is 0 Å². The highest BCUT2D eigenvalue weighted by molar-refractivity contribution is 5.37. The maximum atomic E-state index is 6.30. The summed E-state index contributed by atoms with van der Waals surface area (Å²) in [6.45, 7) is 5.15. The predicted molar refractivity (Wildman–Crippen MR) is 79.0 cm³/mol. The average molecular weight is 272 g/mol. The van der Waals surface area contributed by atoms with Crippen LogP contribution in [0.4, 0.5) is 0 Å². The van der Waals surface area contributed by atoms with E-state index in [4.69, 9.17) is 15.2 Å². The van der Waals surface area contributed by atoms with E-state index in [0.29, 0.717) is 13.2 Å². The lowest BCUT2D eigenvalue weighted by atomic mass is 10.0. The van der Waals surface area contributed by atoms with Gasteiger partial charge in [-0.25, -0.2) is 0 Å². The summed E-state index contributed by atoms with van der Waals surface area (Å²) in [6, 6.07) is 9.49. The molecule has 20 heavy (non-hydrogen) atoms. The third-order valence-corrected chi connectivity index (χ3v) is 2.93. The van der Waals surface area contributed by atoms with Crippen LogP contribution in [0.1, 0.15) is 31.0 Å². The predicted octanol–water partition coefficient (Wildman–Crippen LogP) is 2.93. The monoisotopic (exact) mass is 272 g/mol. The Morgan fingerprint density at radius 3 is 2.45 bits per heavy atom. The van der Waals surface area contributed by atoms with Crippen molar-refractivity contribution in [3.8, 4) is 11.5 Å². The van der Waals surface area contributed by atoms with Crippen molar-refractivity contribution in [2.75, 3.05) is 13.2 Å². The third-order valence-electron chi connectivity index (χ3n) is 2.93. The molecule has 0 bridgehead atoms. The van der Waals surface area contributed by atoms with E-state index in [2.05, 4.69) is 4.98 Å². The Kier molecular flexibility index (Phi) is 4.96. The molecule has 1 heterocycles. The Hall–Kier alpha value is -2.07. The second kappa shape index (κ2) is 6.91. The smallest absolute Gasteiger partial charge is 0.137 e. The van der Waals surface area contributed by atoms with E-state index >= 15 is 0 Å². The Labute approximate surface area is 119 Å². The highest BCUT2D eigenvalue weighted by Crippen LogP contribution is 2.25. The Bertz CT molecular complexity index is 508. The fourth-order valence-electron chi connectivity index (χ4n) is 2.01. The first-order valence-electron chi connectivity index (χ1n) is 6.80. The van der Waals surface area contributed by atoms with Gasteiger partial charge >= 0.3 is 0 Å². The van der Waals surface area contributed by atoms with Crippen LogP contribution < -0.4 is 15.2 Å². The van der Waals surface area contributed by atoms with Crippen LogP contribution in [0.25, 0.3) is 0 Å². The molecule has 1 atom stereocenters. The molecule has 0 radical (unpaired) electrons. The molecule has 0 aliphatic carbocycles. The first kappa shape index (κ1) is 14.3. The first-order chi connectivity index (χ1) is 9.74. The minimum Gasteiger partial charge on any atom is -0.494 e. The molecule has 2 rings (SSSR count). The fourth-order valence-corrected chi connectivity index (χ4v) is 2.01. The van der Waals surface area contributed by atoms with Crippen LogP contribution in [0.15, 0.2) is 42.7 Å². The Balaban J connectivity index is 2.23. The molecular formula is C16H20N2O2. The zero-order chi connectivity index (χ0) is 14.4. The number of benzene rings is 1. The fraction of sp³-hybridized carbons (Fsp3) is 0.312. The molecule has 0 saturated carbocycles. The second-order valence-corrected chi connectivity index (χ2v) is 4.37. The Morgan fingerprint density at radius 1 is 1.00 bits per heavy atom. The molecule has 0 saturated heterocycles. The van der Waals surface area contributed by atoms with Gasteiger partial charge in [0.1, 0.15) is 11.5 Å². The van der Waals surface area contributed by atoms with Crippen LogP contribution >= 0.6 is 0 Å². The van der Waals surface area contributed by atoms with E-state index in [1.165, 1.54) is 0 Å². The van der Waals surface area contributed by atoms with Gasteiger partial charge in [-0.15, -0.1) is 0 Å². The summed E-state index contributed by atoms with van der Waals surface area (Å²) in [7, 11) is 0. The van der Waals surface area contributed by atoms with Crippen molar-refractivity contribution in [2.24, 2.45) is 5.73 Å². The van der Waals surface area contributed by atoms with Crippen molar-refractivity contribution in [2.45, 2.75) is 19.9 Å². The molecule has 0 fully saturated rings. The lowest BCUT2D eigenvalue weighted by Gasteiger charge is -2.14. The maximum Gasteiger partial charge on any atom is 0.137 e. The van der Waals surface area contributed by atoms with Crippen molar-refractivity contribution >= 4 is 0 Å². The van der Waals surface area contributed by atoms with Crippen molar-refractivity contribution in [1.82, 2.24) is 4.98 Å². The summed E-state index contributed by atoms with van der Waals surface area (Å²) < 4.78 is 11.0. The number of ether oxygens (including phenoxy) is 2. The van der Waals surface area contributed by atoms with Crippen LogP contribution in [0, 0.1) is 0 Å². The molecule has 1 aromatic carbocycles. The van der Waals surface area contributed by atoms with Gasteiger partial charge in [0.2, 0.25) is 0 Å². The molecule has 0 spiro atoms. The molecule has 106 valence electrons. The highest BCUT2D eigenvalue weighted by Gasteiger charge is 2.11. The molecular weight excluding hydrogens is 252 g/mol. The minimum absolute atomic E-state index is 0.247. The number of rotatable bonds is 6. The SMILES string of the molecule is CCOc1cccc(C(N)c2cncc(OCC)c2)c1. The number of nitrogens with zero attached hydrogens (tertiary/aromatic N) is 1. The number of pyridine rings is 1. The molecule has 4 nitrogen and oxygen atoms in total. The lowest BCUT2D eigenvalue weighted by Crippen LogP contribution is -2.12. The van der Waals surface area contributed by atoms with E-state index in [-0.39, 0.29) is 6.04 Å². The summed E-state index contributed by atoms with van der Waals surface area (Å²) in [4.78, 5) is 4.17. The van der Waals surface area contributed by atoms with Gasteiger partial charge in [-0.1, -0.05) is 12.1 Å². The quantitative estimate of drug-likeness (QED) is 0.878. The van der Waals surface area contributed by atoms with Crippen molar-refractivity contribution in [3.05, 3.63) is 53.9 Å². The minimum atomic E-state index is -0.247. The number of aromatic nitrogens is 1. The van der Waals surface area contributed by atoms with Gasteiger partial charge in [-0.05, 0) is 43.2 Å². The summed E-state index contributed by atoms with van der Waals surface area (Å²) in [6.07, 6.45) is 3.46. The van der Waals surface area contributed by atoms with Gasteiger partial charge in [0.05, 0.1) is 25.5 Å². The molecule has 0 aliphatic rings. The normalized spacial score (nSPS) is 11.9. The lowest BCUT2D eigenvalue weighted by molar-refractivity contribution is 0.338. The molecule has 2 aromatic rings. The van der Waals surface area contributed by atoms with Crippen LogP contribution in [0.5, 0.6) is 11.5 Å². The van der Waals surface area contributed by atoms with Crippen LogP contribution in [0.3, 0.4) is 0 Å². The molecule has 1 aromatic heterocycles. The van der Waals surface area contributed by atoms with E-state index in [9.17, 15) is 0 Å². The largest absolute Gasteiger partial charge is 0.494 e. The molecule has 0 aliphatic heterocycles. The van der Waals surface area contributed by atoms with Gasteiger partial charge in [0.25, 0.3) is 0 Å².